The van der Waals surface area contributed by atoms with Crippen molar-refractivity contribution in [3.63, 3.8) is 0 Å². The second-order valence-corrected chi connectivity index (χ2v) is 12.5. The van der Waals surface area contributed by atoms with Gasteiger partial charge in [0.25, 0.3) is 5.56 Å². The molecule has 8 nitrogen and oxygen atoms in total. The van der Waals surface area contributed by atoms with E-state index in [0.717, 1.165) is 37.0 Å². The van der Waals surface area contributed by atoms with Crippen LogP contribution in [0.3, 0.4) is 0 Å². The van der Waals surface area contributed by atoms with E-state index < -0.39 is 10.0 Å². The summed E-state index contributed by atoms with van der Waals surface area (Å²) in [7, 11) is -3.29. The van der Waals surface area contributed by atoms with E-state index in [2.05, 4.69) is 9.62 Å². The largest absolute Gasteiger partial charge is 0.350 e. The number of nitrogens with zero attached hydrogens (tertiary/aromatic N) is 4. The fourth-order valence-corrected chi connectivity index (χ4v) is 7.17. The smallest absolute Gasteiger partial charge is 0.294 e. The Kier molecular flexibility index (Phi) is 7.46. The lowest BCUT2D eigenvalue weighted by Crippen LogP contribution is -2.44. The predicted octanol–water partition coefficient (Wildman–Crippen LogP) is 3.27. The minimum atomic E-state index is -3.29. The quantitative estimate of drug-likeness (QED) is 0.677. The van der Waals surface area contributed by atoms with Gasteiger partial charge in [0, 0.05) is 44.3 Å². The molecule has 0 radical (unpaired) electrons. The molecule has 5 rings (SSSR count). The van der Waals surface area contributed by atoms with E-state index in [1.54, 1.807) is 0 Å². The third-order valence-electron chi connectivity index (χ3n) is 8.10. The monoisotopic (exact) mass is 501 g/mol. The zero-order valence-corrected chi connectivity index (χ0v) is 21.7. The third-order valence-corrected chi connectivity index (χ3v) is 8.86. The number of fused-ring (bicyclic) bond motifs is 1. The van der Waals surface area contributed by atoms with Gasteiger partial charge in [-0.1, -0.05) is 44.2 Å². The van der Waals surface area contributed by atoms with Crippen LogP contribution in [0.15, 0.2) is 29.1 Å². The summed E-state index contributed by atoms with van der Waals surface area (Å²) in [5, 5.41) is 0. The van der Waals surface area contributed by atoms with Crippen LogP contribution in [0.2, 0.25) is 0 Å². The van der Waals surface area contributed by atoms with E-state index >= 15 is 0 Å². The van der Waals surface area contributed by atoms with E-state index in [4.69, 9.17) is 4.98 Å². The molecule has 3 fully saturated rings. The van der Waals surface area contributed by atoms with Crippen molar-refractivity contribution < 1.29 is 8.42 Å². The Morgan fingerprint density at radius 2 is 1.57 bits per heavy atom. The van der Waals surface area contributed by atoms with Crippen molar-refractivity contribution >= 4 is 26.9 Å². The average molecular weight is 502 g/mol. The van der Waals surface area contributed by atoms with Crippen molar-refractivity contribution in [3.8, 4) is 0 Å². The van der Waals surface area contributed by atoms with Gasteiger partial charge >= 0.3 is 0 Å². The number of rotatable bonds is 5. The fourth-order valence-electron chi connectivity index (χ4n) is 6.37. The Morgan fingerprint density at radius 3 is 2.29 bits per heavy atom. The van der Waals surface area contributed by atoms with Gasteiger partial charge in [-0.05, 0) is 44.2 Å². The van der Waals surface area contributed by atoms with Crippen LogP contribution in [0.25, 0.3) is 11.0 Å². The first-order valence-electron chi connectivity index (χ1n) is 13.4. The van der Waals surface area contributed by atoms with Crippen molar-refractivity contribution in [2.45, 2.75) is 82.3 Å². The van der Waals surface area contributed by atoms with E-state index in [1.807, 2.05) is 33.7 Å². The lowest BCUT2D eigenvalue weighted by molar-refractivity contribution is 0.116. The van der Waals surface area contributed by atoms with E-state index in [9.17, 15) is 13.2 Å². The Hall–Kier alpha value is -1.97. The van der Waals surface area contributed by atoms with E-state index in [-0.39, 0.29) is 17.6 Å². The first kappa shape index (κ1) is 24.7. The molecule has 2 aromatic rings. The summed E-state index contributed by atoms with van der Waals surface area (Å²) in [5.41, 5.74) is 1.67. The van der Waals surface area contributed by atoms with Crippen LogP contribution in [-0.4, -0.2) is 67.4 Å². The van der Waals surface area contributed by atoms with Gasteiger partial charge < -0.3 is 14.4 Å². The molecule has 1 atom stereocenters. The van der Waals surface area contributed by atoms with Crippen molar-refractivity contribution in [1.82, 2.24) is 19.2 Å². The number of nitrogens with one attached hydrogen (secondary N) is 1. The van der Waals surface area contributed by atoms with E-state index in [1.165, 1.54) is 51.2 Å². The summed E-state index contributed by atoms with van der Waals surface area (Å²) in [6.45, 7) is 3.16. The minimum absolute atomic E-state index is 0.0480. The summed E-state index contributed by atoms with van der Waals surface area (Å²) < 4.78 is 28.1. The summed E-state index contributed by atoms with van der Waals surface area (Å²) in [5.74, 6) is 0.448. The highest BCUT2D eigenvalue weighted by atomic mass is 32.2. The van der Waals surface area contributed by atoms with Crippen LogP contribution in [0.5, 0.6) is 0 Å². The van der Waals surface area contributed by atoms with Crippen molar-refractivity contribution in [3.05, 3.63) is 34.6 Å². The maximum Gasteiger partial charge on any atom is 0.294 e. The normalized spacial score (nSPS) is 24.0. The highest BCUT2D eigenvalue weighted by molar-refractivity contribution is 7.88. The van der Waals surface area contributed by atoms with Gasteiger partial charge in [0.1, 0.15) is 0 Å². The third kappa shape index (κ3) is 5.73. The van der Waals surface area contributed by atoms with Crippen LogP contribution in [0, 0.1) is 0 Å². The topological polar surface area (TPSA) is 87.5 Å². The van der Waals surface area contributed by atoms with Crippen molar-refractivity contribution in [2.24, 2.45) is 0 Å². The summed E-state index contributed by atoms with van der Waals surface area (Å²) in [6, 6.07) is 8.58. The molecule has 1 aromatic heterocycles. The van der Waals surface area contributed by atoms with Crippen LogP contribution in [-0.2, 0) is 10.0 Å². The van der Waals surface area contributed by atoms with Crippen LogP contribution in [0.4, 0.5) is 5.82 Å². The van der Waals surface area contributed by atoms with Gasteiger partial charge in [-0.15, -0.1) is 0 Å². The lowest BCUT2D eigenvalue weighted by atomic mass is 9.93. The number of piperidine rings is 1. The van der Waals surface area contributed by atoms with Gasteiger partial charge in [0.2, 0.25) is 10.0 Å². The molecule has 192 valence electrons. The molecule has 2 aliphatic heterocycles. The molecule has 3 aliphatic rings. The Bertz CT molecular complexity index is 1180. The lowest BCUT2D eigenvalue weighted by Gasteiger charge is -2.39. The van der Waals surface area contributed by atoms with Gasteiger partial charge in [-0.2, -0.15) is 0 Å². The van der Waals surface area contributed by atoms with Gasteiger partial charge in [0.05, 0.1) is 17.3 Å². The second kappa shape index (κ2) is 10.6. The molecule has 1 N–H and O–H groups in total. The number of hydrogen-bond acceptors (Lipinski definition) is 6. The first-order valence-corrected chi connectivity index (χ1v) is 15.3. The molecule has 0 amide bonds. The number of sulfonamides is 1. The maximum absolute atomic E-state index is 13.8. The molecule has 0 spiro atoms. The van der Waals surface area contributed by atoms with Gasteiger partial charge in [-0.25, -0.2) is 18.1 Å². The molecule has 0 bridgehead atoms. The number of likely N-dealkylation sites (tertiary alicyclic amines) is 1. The van der Waals surface area contributed by atoms with Crippen molar-refractivity contribution in [1.29, 1.82) is 0 Å². The Balaban J connectivity index is 1.37. The number of hydrogen-bond donors (Lipinski definition) is 1. The highest BCUT2D eigenvalue weighted by Gasteiger charge is 2.31. The standard InChI is InChI=1S/C26H39N5O3S/c1-35(33,34)28-20-13-16-30(19-20)25-26(32)31(24-12-8-7-11-23(24)27-25)22-14-17-29(18-15-22)21-9-5-3-2-4-6-10-21/h7-8,11-12,20-22,28H,2-6,9-10,13-19H2,1H3/t20-/m1/s1. The maximum atomic E-state index is 13.8. The summed E-state index contributed by atoms with van der Waals surface area (Å²) in [6.07, 6.45) is 13.2. The molecule has 2 saturated heterocycles. The number of benzene rings is 1. The predicted molar refractivity (Wildman–Crippen MR) is 141 cm³/mol. The Morgan fingerprint density at radius 1 is 0.886 bits per heavy atom. The fraction of sp³-hybridized carbons (Fsp3) is 0.692. The van der Waals surface area contributed by atoms with Crippen LogP contribution < -0.4 is 15.2 Å². The molecule has 35 heavy (non-hydrogen) atoms. The average Bonchev–Trinajstić information content (AvgIpc) is 3.25. The molecule has 9 heteroatoms. The molecule has 0 unspecified atom stereocenters. The zero-order valence-electron chi connectivity index (χ0n) is 20.9. The summed E-state index contributed by atoms with van der Waals surface area (Å²) >= 11 is 0. The van der Waals surface area contributed by atoms with E-state index in [0.29, 0.717) is 31.4 Å². The number of anilines is 1. The molecule has 1 aromatic carbocycles. The SMILES string of the molecule is CS(=O)(=O)N[C@@H]1CCN(c2nc3ccccc3n(C3CCN(C4CCCCCCC4)CC3)c2=O)C1. The van der Waals surface area contributed by atoms with Crippen LogP contribution in [0.1, 0.15) is 70.3 Å². The van der Waals surface area contributed by atoms with Gasteiger partial charge in [-0.3, -0.25) is 4.79 Å². The van der Waals surface area contributed by atoms with Crippen molar-refractivity contribution in [2.75, 3.05) is 37.3 Å². The molecule has 1 aliphatic carbocycles. The number of para-hydroxylation sites is 2. The Labute approximate surface area is 208 Å². The summed E-state index contributed by atoms with van der Waals surface area (Å²) in [4.78, 5) is 23.2. The highest BCUT2D eigenvalue weighted by Crippen LogP contribution is 2.30. The molecule has 3 heterocycles. The number of aromatic nitrogens is 2. The molecular formula is C26H39N5O3S. The molecule has 1 saturated carbocycles. The minimum Gasteiger partial charge on any atom is -0.350 e. The first-order chi connectivity index (χ1) is 16.9. The molecular weight excluding hydrogens is 462 g/mol. The zero-order chi connectivity index (χ0) is 24.4. The van der Waals surface area contributed by atoms with Crippen LogP contribution >= 0.6 is 0 Å². The van der Waals surface area contributed by atoms with Gasteiger partial charge in [0.15, 0.2) is 5.82 Å². The second-order valence-electron chi connectivity index (χ2n) is 10.7.